The second kappa shape index (κ2) is 8.98. The molecule has 0 atom stereocenters. The molecule has 10 heteroatoms. The zero-order valence-electron chi connectivity index (χ0n) is 16.9. The number of sulfonamides is 1. The summed E-state index contributed by atoms with van der Waals surface area (Å²) < 4.78 is 41.0. The van der Waals surface area contributed by atoms with Gasteiger partial charge in [-0.2, -0.15) is 13.5 Å². The number of nitrogens with zero attached hydrogens (tertiary/aromatic N) is 1. The summed E-state index contributed by atoms with van der Waals surface area (Å²) in [5, 5.41) is 3.81. The lowest BCUT2D eigenvalue weighted by atomic mass is 10.2. The van der Waals surface area contributed by atoms with E-state index in [4.69, 9.17) is 13.9 Å². The topological polar surface area (TPSA) is 123 Å². The van der Waals surface area contributed by atoms with Crippen molar-refractivity contribution in [1.82, 2.24) is 9.82 Å². The maximum atomic E-state index is 12.5. The van der Waals surface area contributed by atoms with Crippen LogP contribution < -0.4 is 20.1 Å². The molecule has 0 aliphatic carbocycles. The van der Waals surface area contributed by atoms with Gasteiger partial charge in [0.2, 0.25) is 0 Å². The van der Waals surface area contributed by atoms with Crippen LogP contribution in [0.4, 0.5) is 0 Å². The van der Waals surface area contributed by atoms with Gasteiger partial charge in [-0.05, 0) is 41.5 Å². The Kier molecular flexibility index (Phi) is 5.95. The summed E-state index contributed by atoms with van der Waals surface area (Å²) >= 11 is 0. The number of benzene rings is 3. The average Bonchev–Trinajstić information content (AvgIpc) is 3.18. The van der Waals surface area contributed by atoms with Gasteiger partial charge in [-0.1, -0.05) is 30.3 Å². The smallest absolute Gasteiger partial charge is 0.417 e. The first kappa shape index (κ1) is 21.2. The molecule has 1 heterocycles. The average molecular weight is 453 g/mol. The van der Waals surface area contributed by atoms with Crippen LogP contribution in [0.5, 0.6) is 11.5 Å². The molecule has 0 saturated heterocycles. The fourth-order valence-corrected chi connectivity index (χ4v) is 3.74. The Morgan fingerprint density at radius 2 is 1.88 bits per heavy atom. The van der Waals surface area contributed by atoms with Gasteiger partial charge in [0.05, 0.1) is 23.7 Å². The van der Waals surface area contributed by atoms with E-state index in [1.165, 1.54) is 31.5 Å². The van der Waals surface area contributed by atoms with Crippen LogP contribution in [0.15, 0.2) is 85.9 Å². The van der Waals surface area contributed by atoms with Gasteiger partial charge in [0.15, 0.2) is 17.1 Å². The third-order valence-electron chi connectivity index (χ3n) is 4.51. The van der Waals surface area contributed by atoms with Gasteiger partial charge in [-0.3, -0.25) is 4.98 Å². The van der Waals surface area contributed by atoms with E-state index in [1.807, 2.05) is 30.3 Å². The highest BCUT2D eigenvalue weighted by Crippen LogP contribution is 2.28. The van der Waals surface area contributed by atoms with E-state index in [1.54, 1.807) is 18.2 Å². The summed E-state index contributed by atoms with van der Waals surface area (Å²) in [4.78, 5) is 15.7. The molecular formula is C22H19N3O6S. The van der Waals surface area contributed by atoms with Gasteiger partial charge in [0.1, 0.15) is 6.61 Å². The van der Waals surface area contributed by atoms with Gasteiger partial charge in [0, 0.05) is 6.07 Å². The number of ether oxygens (including phenoxy) is 2. The fourth-order valence-electron chi connectivity index (χ4n) is 2.93. The summed E-state index contributed by atoms with van der Waals surface area (Å²) in [6, 6.07) is 18.9. The molecule has 0 spiro atoms. The molecule has 4 aromatic rings. The van der Waals surface area contributed by atoms with Crippen molar-refractivity contribution >= 4 is 27.3 Å². The Hall–Kier alpha value is -4.05. The van der Waals surface area contributed by atoms with E-state index in [0.717, 1.165) is 5.56 Å². The van der Waals surface area contributed by atoms with Crippen molar-refractivity contribution < 1.29 is 22.3 Å². The van der Waals surface area contributed by atoms with Crippen molar-refractivity contribution in [3.63, 3.8) is 0 Å². The first-order valence-electron chi connectivity index (χ1n) is 9.47. The van der Waals surface area contributed by atoms with Gasteiger partial charge < -0.3 is 13.9 Å². The molecule has 0 bridgehead atoms. The Bertz CT molecular complexity index is 1430. The number of hydrogen-bond acceptors (Lipinski definition) is 7. The normalized spacial score (nSPS) is 11.7. The predicted octanol–water partition coefficient (Wildman–Crippen LogP) is 3.02. The molecule has 1 aromatic heterocycles. The summed E-state index contributed by atoms with van der Waals surface area (Å²) in [5.74, 6) is 0.377. The SMILES string of the molecule is COc1cc(/C=N/NS(=O)(=O)c2ccc3[nH]c(=O)oc3c2)ccc1OCc1ccccc1. The maximum Gasteiger partial charge on any atom is 0.417 e. The van der Waals surface area contributed by atoms with Gasteiger partial charge in [0.25, 0.3) is 10.0 Å². The van der Waals surface area contributed by atoms with E-state index in [2.05, 4.69) is 14.9 Å². The zero-order chi connectivity index (χ0) is 22.6. The van der Waals surface area contributed by atoms with Crippen LogP contribution in [0.3, 0.4) is 0 Å². The Morgan fingerprint density at radius 1 is 1.06 bits per heavy atom. The zero-order valence-corrected chi connectivity index (χ0v) is 17.8. The number of fused-ring (bicyclic) bond motifs is 1. The van der Waals surface area contributed by atoms with E-state index in [-0.39, 0.29) is 10.5 Å². The molecule has 0 fully saturated rings. The predicted molar refractivity (Wildman–Crippen MR) is 119 cm³/mol. The second-order valence-corrected chi connectivity index (χ2v) is 8.37. The molecule has 0 amide bonds. The molecule has 164 valence electrons. The fraction of sp³-hybridized carbons (Fsp3) is 0.0909. The molecule has 2 N–H and O–H groups in total. The summed E-state index contributed by atoms with van der Waals surface area (Å²) in [5.41, 5.74) is 2.16. The van der Waals surface area contributed by atoms with Crippen LogP contribution in [-0.4, -0.2) is 26.7 Å². The van der Waals surface area contributed by atoms with Crippen LogP contribution in [0.2, 0.25) is 0 Å². The monoisotopic (exact) mass is 453 g/mol. The van der Waals surface area contributed by atoms with Gasteiger partial charge in [-0.15, -0.1) is 0 Å². The number of aromatic amines is 1. The molecule has 9 nitrogen and oxygen atoms in total. The van der Waals surface area contributed by atoms with Gasteiger partial charge >= 0.3 is 5.76 Å². The standard InChI is InChI=1S/C22H19N3O6S/c1-29-21-11-16(7-10-19(21)30-14-15-5-3-2-4-6-15)13-23-25-32(27,28)17-8-9-18-20(12-17)31-22(26)24-18/h2-13,25H,14H2,1H3,(H,24,26)/b23-13+. The minimum absolute atomic E-state index is 0.0906. The van der Waals surface area contributed by atoms with Crippen molar-refractivity contribution in [1.29, 1.82) is 0 Å². The molecule has 4 rings (SSSR count). The maximum absolute atomic E-state index is 12.5. The number of nitrogens with one attached hydrogen (secondary N) is 2. The van der Waals surface area contributed by atoms with Crippen molar-refractivity contribution in [2.24, 2.45) is 5.10 Å². The highest BCUT2D eigenvalue weighted by molar-refractivity contribution is 7.89. The number of aromatic nitrogens is 1. The molecule has 32 heavy (non-hydrogen) atoms. The lowest BCUT2D eigenvalue weighted by molar-refractivity contribution is 0.284. The van der Waals surface area contributed by atoms with Crippen LogP contribution in [0, 0.1) is 0 Å². The number of oxazole rings is 1. The molecule has 0 unspecified atom stereocenters. The van der Waals surface area contributed by atoms with Crippen LogP contribution in [-0.2, 0) is 16.6 Å². The number of methoxy groups -OCH3 is 1. The van der Waals surface area contributed by atoms with Crippen molar-refractivity contribution in [3.05, 3.63) is 88.4 Å². The molecule has 0 radical (unpaired) electrons. The molecule has 0 aliphatic heterocycles. The largest absolute Gasteiger partial charge is 0.493 e. The summed E-state index contributed by atoms with van der Waals surface area (Å²) in [7, 11) is -2.44. The number of hydrazone groups is 1. The lowest BCUT2D eigenvalue weighted by Crippen LogP contribution is -2.18. The molecular weight excluding hydrogens is 434 g/mol. The summed E-state index contributed by atoms with van der Waals surface area (Å²) in [6.45, 7) is 0.385. The minimum Gasteiger partial charge on any atom is -0.493 e. The van der Waals surface area contributed by atoms with Crippen LogP contribution in [0.1, 0.15) is 11.1 Å². The lowest BCUT2D eigenvalue weighted by Gasteiger charge is -2.11. The van der Waals surface area contributed by atoms with Gasteiger partial charge in [-0.25, -0.2) is 9.63 Å². The number of hydrogen-bond donors (Lipinski definition) is 2. The highest BCUT2D eigenvalue weighted by atomic mass is 32.2. The Morgan fingerprint density at radius 3 is 2.66 bits per heavy atom. The Balaban J connectivity index is 1.45. The van der Waals surface area contributed by atoms with Crippen molar-refractivity contribution in [3.8, 4) is 11.5 Å². The highest BCUT2D eigenvalue weighted by Gasteiger charge is 2.15. The number of rotatable bonds is 8. The van der Waals surface area contributed by atoms with Crippen LogP contribution in [0.25, 0.3) is 11.1 Å². The molecule has 0 aliphatic rings. The molecule has 3 aromatic carbocycles. The first-order valence-corrected chi connectivity index (χ1v) is 11.0. The third kappa shape index (κ3) is 4.81. The number of H-pyrrole nitrogens is 1. The van der Waals surface area contributed by atoms with Crippen molar-refractivity contribution in [2.75, 3.05) is 7.11 Å². The Labute approximate surface area is 183 Å². The summed E-state index contributed by atoms with van der Waals surface area (Å²) in [6.07, 6.45) is 1.34. The van der Waals surface area contributed by atoms with E-state index in [0.29, 0.717) is 29.2 Å². The molecule has 0 saturated carbocycles. The quantitative estimate of drug-likeness (QED) is 0.312. The van der Waals surface area contributed by atoms with Crippen LogP contribution >= 0.6 is 0 Å². The minimum atomic E-state index is -3.96. The van der Waals surface area contributed by atoms with E-state index < -0.39 is 15.8 Å². The first-order chi connectivity index (χ1) is 15.4. The van der Waals surface area contributed by atoms with E-state index in [9.17, 15) is 13.2 Å². The second-order valence-electron chi connectivity index (χ2n) is 6.71. The van der Waals surface area contributed by atoms with Crippen molar-refractivity contribution in [2.45, 2.75) is 11.5 Å². The third-order valence-corrected chi connectivity index (χ3v) is 5.73. The van der Waals surface area contributed by atoms with E-state index >= 15 is 0 Å².